The zero-order chi connectivity index (χ0) is 20.1. The van der Waals surface area contributed by atoms with Crippen LogP contribution in [0, 0.1) is 6.92 Å². The fourth-order valence-electron chi connectivity index (χ4n) is 2.78. The molecule has 0 spiro atoms. The lowest BCUT2D eigenvalue weighted by molar-refractivity contribution is -0.111. The van der Waals surface area contributed by atoms with E-state index >= 15 is 0 Å². The zero-order valence-electron chi connectivity index (χ0n) is 16.1. The molecular weight excluding hydrogens is 352 g/mol. The van der Waals surface area contributed by atoms with Crippen molar-refractivity contribution < 1.29 is 14.3 Å². The fraction of sp³-hybridized carbons (Fsp3) is 0.174. The molecular formula is C23H22N2O3. The Hall–Kier alpha value is -3.47. The van der Waals surface area contributed by atoms with Gasteiger partial charge in [-0.1, -0.05) is 30.3 Å². The van der Waals surface area contributed by atoms with Crippen molar-refractivity contribution in [2.45, 2.75) is 26.9 Å². The average Bonchev–Trinajstić information content (AvgIpc) is 2.66. The third kappa shape index (κ3) is 4.82. The number of nitrogens with zero attached hydrogens (tertiary/aromatic N) is 1. The van der Waals surface area contributed by atoms with Gasteiger partial charge in [0.2, 0.25) is 5.91 Å². The molecule has 28 heavy (non-hydrogen) atoms. The number of hydrogen-bond donors (Lipinski definition) is 1. The molecule has 0 bridgehead atoms. The van der Waals surface area contributed by atoms with Gasteiger partial charge in [-0.15, -0.1) is 0 Å². The number of hydrogen-bond acceptors (Lipinski definition) is 4. The standard InChI is InChI=1S/C23H22N2O3/c1-15(2)28-23(27)18-10-11-20-19(14-18)21(13-16(3)24-20)25-22(26)12-9-17-7-5-4-6-8-17/h4-15H,1-3H3,(H,24,25,26)/b12-9+. The van der Waals surface area contributed by atoms with Gasteiger partial charge in [0.05, 0.1) is 22.9 Å². The molecule has 1 aromatic heterocycles. The normalized spacial score (nSPS) is 11.1. The van der Waals surface area contributed by atoms with Crippen LogP contribution < -0.4 is 5.32 Å². The molecule has 1 amide bonds. The number of esters is 1. The summed E-state index contributed by atoms with van der Waals surface area (Å²) in [6.07, 6.45) is 3.02. The predicted molar refractivity (Wildman–Crippen MR) is 111 cm³/mol. The summed E-state index contributed by atoms with van der Waals surface area (Å²) < 4.78 is 5.26. The van der Waals surface area contributed by atoms with Crippen LogP contribution >= 0.6 is 0 Å². The Morgan fingerprint density at radius 2 is 1.82 bits per heavy atom. The highest BCUT2D eigenvalue weighted by Gasteiger charge is 2.13. The lowest BCUT2D eigenvalue weighted by Crippen LogP contribution is -2.12. The van der Waals surface area contributed by atoms with Gasteiger partial charge in [-0.2, -0.15) is 0 Å². The van der Waals surface area contributed by atoms with Gasteiger partial charge in [-0.05, 0) is 56.7 Å². The first-order chi connectivity index (χ1) is 13.4. The number of ether oxygens (including phenoxy) is 1. The minimum absolute atomic E-state index is 0.207. The van der Waals surface area contributed by atoms with Crippen LogP contribution in [0.1, 0.15) is 35.5 Å². The molecule has 0 aliphatic heterocycles. The van der Waals surface area contributed by atoms with E-state index in [9.17, 15) is 9.59 Å². The number of amides is 1. The van der Waals surface area contributed by atoms with Crippen molar-refractivity contribution in [3.05, 3.63) is 77.5 Å². The van der Waals surface area contributed by atoms with Crippen LogP contribution in [0.4, 0.5) is 5.69 Å². The SMILES string of the molecule is Cc1cc(NC(=O)/C=C/c2ccccc2)c2cc(C(=O)OC(C)C)ccc2n1. The molecule has 0 fully saturated rings. The first-order valence-corrected chi connectivity index (χ1v) is 9.09. The number of benzene rings is 2. The van der Waals surface area contributed by atoms with E-state index in [0.717, 1.165) is 11.3 Å². The number of rotatable bonds is 5. The second-order valence-corrected chi connectivity index (χ2v) is 6.73. The van der Waals surface area contributed by atoms with Crippen LogP contribution in [0.25, 0.3) is 17.0 Å². The number of nitrogens with one attached hydrogen (secondary N) is 1. The molecule has 1 heterocycles. The first-order valence-electron chi connectivity index (χ1n) is 9.09. The van der Waals surface area contributed by atoms with E-state index in [0.29, 0.717) is 22.2 Å². The van der Waals surface area contributed by atoms with Crippen LogP contribution in [0.15, 0.2) is 60.7 Å². The Balaban J connectivity index is 1.89. The predicted octanol–water partition coefficient (Wildman–Crippen LogP) is 4.76. The third-order valence-electron chi connectivity index (χ3n) is 4.00. The van der Waals surface area contributed by atoms with Crippen LogP contribution in [-0.4, -0.2) is 23.0 Å². The maximum absolute atomic E-state index is 12.4. The van der Waals surface area contributed by atoms with Gasteiger partial charge in [-0.3, -0.25) is 9.78 Å². The summed E-state index contributed by atoms with van der Waals surface area (Å²) in [6, 6.07) is 16.5. The van der Waals surface area contributed by atoms with Gasteiger partial charge in [-0.25, -0.2) is 4.79 Å². The van der Waals surface area contributed by atoms with Gasteiger partial charge < -0.3 is 10.1 Å². The second kappa shape index (κ2) is 8.48. The van der Waals surface area contributed by atoms with Gasteiger partial charge >= 0.3 is 5.97 Å². The molecule has 1 N–H and O–H groups in total. The van der Waals surface area contributed by atoms with E-state index < -0.39 is 5.97 Å². The summed E-state index contributed by atoms with van der Waals surface area (Å²) in [6.45, 7) is 5.46. The smallest absolute Gasteiger partial charge is 0.338 e. The monoisotopic (exact) mass is 374 g/mol. The van der Waals surface area contributed by atoms with Crippen molar-refractivity contribution in [1.82, 2.24) is 4.98 Å². The van der Waals surface area contributed by atoms with E-state index in [1.807, 2.05) is 37.3 Å². The van der Waals surface area contributed by atoms with Crippen molar-refractivity contribution in [2.75, 3.05) is 5.32 Å². The van der Waals surface area contributed by atoms with Crippen molar-refractivity contribution in [3.8, 4) is 0 Å². The Labute approximate surface area is 164 Å². The number of anilines is 1. The van der Waals surface area contributed by atoms with E-state index in [2.05, 4.69) is 10.3 Å². The highest BCUT2D eigenvalue weighted by atomic mass is 16.5. The summed E-state index contributed by atoms with van der Waals surface area (Å²) in [5, 5.41) is 3.57. The molecule has 2 aromatic carbocycles. The van der Waals surface area contributed by atoms with Crippen LogP contribution in [0.5, 0.6) is 0 Å². The van der Waals surface area contributed by atoms with Crippen molar-refractivity contribution >= 4 is 34.5 Å². The first kappa shape index (κ1) is 19.3. The van der Waals surface area contributed by atoms with Crippen LogP contribution in [0.2, 0.25) is 0 Å². The van der Waals surface area contributed by atoms with Gasteiger partial charge in [0.1, 0.15) is 0 Å². The number of carbonyl (C=O) groups is 2. The third-order valence-corrected chi connectivity index (χ3v) is 4.00. The largest absolute Gasteiger partial charge is 0.459 e. The Bertz CT molecular complexity index is 1040. The number of carbonyl (C=O) groups excluding carboxylic acids is 2. The van der Waals surface area contributed by atoms with Gasteiger partial charge in [0, 0.05) is 17.2 Å². The van der Waals surface area contributed by atoms with E-state index in [1.54, 1.807) is 44.2 Å². The summed E-state index contributed by atoms with van der Waals surface area (Å²) in [7, 11) is 0. The lowest BCUT2D eigenvalue weighted by atomic mass is 10.1. The topological polar surface area (TPSA) is 68.3 Å². The van der Waals surface area contributed by atoms with Crippen LogP contribution in [0.3, 0.4) is 0 Å². The molecule has 5 nitrogen and oxygen atoms in total. The molecule has 3 rings (SSSR count). The molecule has 5 heteroatoms. The van der Waals surface area contributed by atoms with Gasteiger partial charge in [0.25, 0.3) is 0 Å². The second-order valence-electron chi connectivity index (χ2n) is 6.73. The average molecular weight is 374 g/mol. The molecule has 0 saturated carbocycles. The highest BCUT2D eigenvalue weighted by molar-refractivity contribution is 6.08. The Kier molecular flexibility index (Phi) is 5.84. The summed E-state index contributed by atoms with van der Waals surface area (Å²) in [5.74, 6) is -0.662. The zero-order valence-corrected chi connectivity index (χ0v) is 16.1. The molecule has 0 aliphatic rings. The van der Waals surface area contributed by atoms with E-state index in [4.69, 9.17) is 4.74 Å². The number of fused-ring (bicyclic) bond motifs is 1. The summed E-state index contributed by atoms with van der Waals surface area (Å²) in [4.78, 5) is 29.1. The fourth-order valence-corrected chi connectivity index (χ4v) is 2.78. The molecule has 0 aliphatic carbocycles. The van der Waals surface area contributed by atoms with E-state index in [1.165, 1.54) is 6.08 Å². The molecule has 3 aromatic rings. The van der Waals surface area contributed by atoms with Crippen LogP contribution in [-0.2, 0) is 9.53 Å². The molecule has 0 unspecified atom stereocenters. The van der Waals surface area contributed by atoms with Gasteiger partial charge in [0.15, 0.2) is 0 Å². The van der Waals surface area contributed by atoms with E-state index in [-0.39, 0.29) is 12.0 Å². The summed E-state index contributed by atoms with van der Waals surface area (Å²) in [5.41, 5.74) is 3.43. The maximum Gasteiger partial charge on any atom is 0.338 e. The number of pyridine rings is 1. The number of aromatic nitrogens is 1. The molecule has 0 radical (unpaired) electrons. The number of aryl methyl sites for hydroxylation is 1. The Morgan fingerprint density at radius 3 is 2.54 bits per heavy atom. The molecule has 142 valence electrons. The quantitative estimate of drug-likeness (QED) is 0.516. The van der Waals surface area contributed by atoms with Crippen molar-refractivity contribution in [3.63, 3.8) is 0 Å². The maximum atomic E-state index is 12.4. The highest BCUT2D eigenvalue weighted by Crippen LogP contribution is 2.25. The minimum Gasteiger partial charge on any atom is -0.459 e. The molecule has 0 atom stereocenters. The van der Waals surface area contributed by atoms with Crippen molar-refractivity contribution in [1.29, 1.82) is 0 Å². The molecule has 0 saturated heterocycles. The lowest BCUT2D eigenvalue weighted by Gasteiger charge is -2.11. The Morgan fingerprint density at radius 1 is 1.07 bits per heavy atom. The summed E-state index contributed by atoms with van der Waals surface area (Å²) >= 11 is 0. The van der Waals surface area contributed by atoms with Crippen molar-refractivity contribution in [2.24, 2.45) is 0 Å². The minimum atomic E-state index is -0.404.